The molecule has 1 N–H and O–H groups in total. The van der Waals surface area contributed by atoms with E-state index in [0.717, 1.165) is 4.68 Å². The Morgan fingerprint density at radius 2 is 1.97 bits per heavy atom. The van der Waals surface area contributed by atoms with Crippen LogP contribution in [0.5, 0.6) is 11.5 Å². The standard InChI is InChI=1S/C20H20N4O5S/c1-11-21-19-14(6-7-30-19)20(27)24(11)22-18(26)12-8-17(25)23(10-12)13-4-5-15(28-2)16(9-13)29-3/h4-7,9,12H,8,10H2,1-3H3,(H,22,26). The number of aromatic nitrogens is 2. The van der Waals surface area contributed by atoms with E-state index in [4.69, 9.17) is 9.47 Å². The van der Waals surface area contributed by atoms with Gasteiger partial charge in [-0.25, -0.2) is 9.66 Å². The summed E-state index contributed by atoms with van der Waals surface area (Å²) >= 11 is 1.36. The van der Waals surface area contributed by atoms with Crippen LogP contribution in [0.3, 0.4) is 0 Å². The van der Waals surface area contributed by atoms with E-state index in [1.54, 1.807) is 36.6 Å². The van der Waals surface area contributed by atoms with Gasteiger partial charge in [0.25, 0.3) is 5.56 Å². The van der Waals surface area contributed by atoms with Gasteiger partial charge in [0.05, 0.1) is 25.5 Å². The Morgan fingerprint density at radius 3 is 2.70 bits per heavy atom. The van der Waals surface area contributed by atoms with Crippen molar-refractivity contribution in [2.75, 3.05) is 31.1 Å². The molecule has 1 unspecified atom stereocenters. The molecule has 156 valence electrons. The van der Waals surface area contributed by atoms with Crippen molar-refractivity contribution in [2.45, 2.75) is 13.3 Å². The minimum Gasteiger partial charge on any atom is -0.493 e. The van der Waals surface area contributed by atoms with E-state index in [1.165, 1.54) is 30.5 Å². The number of nitrogens with one attached hydrogen (secondary N) is 1. The van der Waals surface area contributed by atoms with Gasteiger partial charge < -0.3 is 14.4 Å². The Hall–Kier alpha value is -3.40. The minimum absolute atomic E-state index is 0.0438. The van der Waals surface area contributed by atoms with E-state index in [9.17, 15) is 14.4 Å². The molecule has 1 saturated heterocycles. The van der Waals surface area contributed by atoms with Gasteiger partial charge in [-0.1, -0.05) is 0 Å². The molecular weight excluding hydrogens is 408 g/mol. The van der Waals surface area contributed by atoms with Crippen molar-refractivity contribution in [1.29, 1.82) is 0 Å². The van der Waals surface area contributed by atoms with Crippen LogP contribution in [0.4, 0.5) is 5.69 Å². The first-order chi connectivity index (χ1) is 14.4. The summed E-state index contributed by atoms with van der Waals surface area (Å²) in [7, 11) is 3.05. The van der Waals surface area contributed by atoms with Crippen molar-refractivity contribution in [2.24, 2.45) is 5.92 Å². The second-order valence-electron chi connectivity index (χ2n) is 6.86. The Kier molecular flexibility index (Phi) is 5.17. The SMILES string of the molecule is COc1ccc(N2CC(C(=O)Nn3c(C)nc4sccc4c3=O)CC2=O)cc1OC. The van der Waals surface area contributed by atoms with Crippen LogP contribution in [0, 0.1) is 12.8 Å². The van der Waals surface area contributed by atoms with Gasteiger partial charge in [0.15, 0.2) is 11.5 Å². The smallest absolute Gasteiger partial charge is 0.281 e. The number of aryl methyl sites for hydroxylation is 1. The maximum atomic E-state index is 12.8. The molecule has 1 atom stereocenters. The summed E-state index contributed by atoms with van der Waals surface area (Å²) in [6, 6.07) is 6.82. The largest absolute Gasteiger partial charge is 0.493 e. The van der Waals surface area contributed by atoms with Gasteiger partial charge in [0.1, 0.15) is 10.7 Å². The molecule has 3 aromatic rings. The average Bonchev–Trinajstić information content (AvgIpc) is 3.37. The van der Waals surface area contributed by atoms with Crippen LogP contribution in [-0.2, 0) is 9.59 Å². The molecule has 1 fully saturated rings. The number of carbonyl (C=O) groups is 2. The van der Waals surface area contributed by atoms with Crippen molar-refractivity contribution in [3.8, 4) is 11.5 Å². The van der Waals surface area contributed by atoms with Crippen LogP contribution < -0.4 is 25.4 Å². The molecule has 3 heterocycles. The van der Waals surface area contributed by atoms with Crippen LogP contribution in [-0.4, -0.2) is 42.2 Å². The van der Waals surface area contributed by atoms with Crippen LogP contribution in [0.15, 0.2) is 34.4 Å². The maximum absolute atomic E-state index is 12.8. The molecular formula is C20H20N4O5S. The van der Waals surface area contributed by atoms with Crippen molar-refractivity contribution < 1.29 is 19.1 Å². The molecule has 1 aliphatic heterocycles. The number of ether oxygens (including phenoxy) is 2. The first-order valence-electron chi connectivity index (χ1n) is 9.23. The van der Waals surface area contributed by atoms with E-state index < -0.39 is 11.8 Å². The maximum Gasteiger partial charge on any atom is 0.281 e. The fourth-order valence-corrected chi connectivity index (χ4v) is 4.27. The van der Waals surface area contributed by atoms with E-state index >= 15 is 0 Å². The molecule has 0 aliphatic carbocycles. The molecule has 4 rings (SSSR count). The second kappa shape index (κ2) is 7.79. The highest BCUT2D eigenvalue weighted by Crippen LogP contribution is 2.34. The number of anilines is 1. The second-order valence-corrected chi connectivity index (χ2v) is 7.75. The number of hydrogen-bond acceptors (Lipinski definition) is 7. The number of hydrogen-bond donors (Lipinski definition) is 1. The van der Waals surface area contributed by atoms with Gasteiger partial charge in [-0.3, -0.25) is 19.8 Å². The van der Waals surface area contributed by atoms with E-state index in [2.05, 4.69) is 10.4 Å². The summed E-state index contributed by atoms with van der Waals surface area (Å²) in [6.07, 6.45) is 0.0438. The number of fused-ring (bicyclic) bond motifs is 1. The van der Waals surface area contributed by atoms with Gasteiger partial charge in [-0.15, -0.1) is 11.3 Å². The number of nitrogens with zero attached hydrogens (tertiary/aromatic N) is 3. The summed E-state index contributed by atoms with van der Waals surface area (Å²) in [5.41, 5.74) is 2.89. The highest BCUT2D eigenvalue weighted by atomic mass is 32.1. The van der Waals surface area contributed by atoms with Gasteiger partial charge in [0.2, 0.25) is 11.8 Å². The predicted octanol–water partition coefficient (Wildman–Crippen LogP) is 1.91. The Morgan fingerprint density at radius 1 is 1.20 bits per heavy atom. The molecule has 30 heavy (non-hydrogen) atoms. The van der Waals surface area contributed by atoms with Gasteiger partial charge >= 0.3 is 0 Å². The van der Waals surface area contributed by atoms with Crippen LogP contribution in [0.25, 0.3) is 10.2 Å². The summed E-state index contributed by atoms with van der Waals surface area (Å²) in [5.74, 6) is 0.228. The molecule has 2 aromatic heterocycles. The first-order valence-corrected chi connectivity index (χ1v) is 10.1. The van der Waals surface area contributed by atoms with Crippen LogP contribution in [0.2, 0.25) is 0 Å². The highest BCUT2D eigenvalue weighted by Gasteiger charge is 2.36. The average molecular weight is 428 g/mol. The van der Waals surface area contributed by atoms with Crippen LogP contribution >= 0.6 is 11.3 Å². The number of carbonyl (C=O) groups excluding carboxylic acids is 2. The lowest BCUT2D eigenvalue weighted by atomic mass is 10.1. The zero-order valence-electron chi connectivity index (χ0n) is 16.7. The fourth-order valence-electron chi connectivity index (χ4n) is 3.47. The number of benzene rings is 1. The third-order valence-electron chi connectivity index (χ3n) is 5.06. The molecule has 0 bridgehead atoms. The van der Waals surface area contributed by atoms with Gasteiger partial charge in [-0.05, 0) is 30.5 Å². The third kappa shape index (κ3) is 3.39. The number of thiophene rings is 1. The zero-order valence-corrected chi connectivity index (χ0v) is 17.5. The molecule has 0 spiro atoms. The lowest BCUT2D eigenvalue weighted by Crippen LogP contribution is -2.39. The minimum atomic E-state index is -0.602. The Bertz CT molecular complexity index is 1200. The Balaban J connectivity index is 1.55. The summed E-state index contributed by atoms with van der Waals surface area (Å²) < 4.78 is 11.7. The quantitative estimate of drug-likeness (QED) is 0.666. The summed E-state index contributed by atoms with van der Waals surface area (Å²) in [4.78, 5) is 44.5. The molecule has 10 heteroatoms. The van der Waals surface area contributed by atoms with Crippen molar-refractivity contribution in [1.82, 2.24) is 9.66 Å². The lowest BCUT2D eigenvalue weighted by molar-refractivity contribution is -0.123. The van der Waals surface area contributed by atoms with E-state index in [-0.39, 0.29) is 24.4 Å². The number of methoxy groups -OCH3 is 2. The molecule has 1 aliphatic rings. The lowest BCUT2D eigenvalue weighted by Gasteiger charge is -2.19. The van der Waals surface area contributed by atoms with Gasteiger partial charge in [0, 0.05) is 24.7 Å². The van der Waals surface area contributed by atoms with Gasteiger partial charge in [-0.2, -0.15) is 0 Å². The van der Waals surface area contributed by atoms with E-state index in [0.29, 0.717) is 33.2 Å². The number of rotatable bonds is 5. The van der Waals surface area contributed by atoms with Crippen molar-refractivity contribution in [3.63, 3.8) is 0 Å². The summed E-state index contributed by atoms with van der Waals surface area (Å²) in [6.45, 7) is 1.85. The predicted molar refractivity (Wildman–Crippen MR) is 113 cm³/mol. The number of amides is 2. The zero-order chi connectivity index (χ0) is 21.4. The van der Waals surface area contributed by atoms with Crippen molar-refractivity contribution >= 4 is 39.1 Å². The normalized spacial score (nSPS) is 16.2. The Labute approximate surface area is 175 Å². The van der Waals surface area contributed by atoms with Crippen molar-refractivity contribution in [3.05, 3.63) is 45.8 Å². The molecule has 0 saturated carbocycles. The van der Waals surface area contributed by atoms with Crippen LogP contribution in [0.1, 0.15) is 12.2 Å². The van der Waals surface area contributed by atoms with E-state index in [1.807, 2.05) is 0 Å². The molecule has 1 aromatic carbocycles. The summed E-state index contributed by atoms with van der Waals surface area (Å²) in [5, 5.41) is 2.22. The topological polar surface area (TPSA) is 103 Å². The first kappa shape index (κ1) is 19.9. The molecule has 9 nitrogen and oxygen atoms in total. The molecule has 0 radical (unpaired) electrons. The highest BCUT2D eigenvalue weighted by molar-refractivity contribution is 7.16. The third-order valence-corrected chi connectivity index (χ3v) is 5.87. The monoisotopic (exact) mass is 428 g/mol. The fraction of sp³-hybridized carbons (Fsp3) is 0.300. The molecule has 2 amide bonds.